The minimum atomic E-state index is -3.61. The van der Waals surface area contributed by atoms with Gasteiger partial charge < -0.3 is 5.11 Å². The van der Waals surface area contributed by atoms with Gasteiger partial charge in [0.05, 0.1) is 11.5 Å². The lowest BCUT2D eigenvalue weighted by atomic mass is 9.96. The van der Waals surface area contributed by atoms with Gasteiger partial charge in [0.25, 0.3) is 0 Å². The first kappa shape index (κ1) is 16.4. The Morgan fingerprint density at radius 2 is 1.95 bits per heavy atom. The van der Waals surface area contributed by atoms with Gasteiger partial charge in [-0.15, -0.1) is 0 Å². The number of nitrogens with zero attached hydrogens (tertiary/aromatic N) is 1. The van der Waals surface area contributed by atoms with Crippen LogP contribution in [0.3, 0.4) is 0 Å². The lowest BCUT2D eigenvalue weighted by molar-refractivity contribution is 0.268. The Morgan fingerprint density at radius 3 is 2.48 bits per heavy atom. The predicted octanol–water partition coefficient (Wildman–Crippen LogP) is 2.44. The van der Waals surface area contributed by atoms with E-state index in [1.54, 1.807) is 0 Å². The van der Waals surface area contributed by atoms with Gasteiger partial charge >= 0.3 is 0 Å². The lowest BCUT2D eigenvalue weighted by Crippen LogP contribution is -2.38. The molecule has 0 radical (unpaired) electrons. The average Bonchev–Trinajstić information content (AvgIpc) is 2.49. The van der Waals surface area contributed by atoms with E-state index in [9.17, 15) is 12.8 Å². The molecule has 1 aliphatic rings. The highest BCUT2D eigenvalue weighted by atomic mass is 32.2. The van der Waals surface area contributed by atoms with Crippen molar-refractivity contribution in [3.05, 3.63) is 29.1 Å². The molecule has 6 heteroatoms. The van der Waals surface area contributed by atoms with Crippen LogP contribution in [-0.2, 0) is 16.6 Å². The van der Waals surface area contributed by atoms with Gasteiger partial charge in [0.15, 0.2) is 0 Å². The SMILES string of the molecule is CCC1CCN(S(=O)(=O)c2cc(C)c(F)c(CO)c2)CC1. The van der Waals surface area contributed by atoms with Crippen LogP contribution < -0.4 is 0 Å². The van der Waals surface area contributed by atoms with E-state index in [1.807, 2.05) is 0 Å². The van der Waals surface area contributed by atoms with Crippen molar-refractivity contribution in [3.8, 4) is 0 Å². The van der Waals surface area contributed by atoms with Gasteiger partial charge in [0.2, 0.25) is 10.0 Å². The third kappa shape index (κ3) is 3.27. The van der Waals surface area contributed by atoms with E-state index in [2.05, 4.69) is 6.92 Å². The van der Waals surface area contributed by atoms with E-state index < -0.39 is 22.4 Å². The summed E-state index contributed by atoms with van der Waals surface area (Å²) in [5.74, 6) is 0.0422. The van der Waals surface area contributed by atoms with Crippen molar-refractivity contribution >= 4 is 10.0 Å². The summed E-state index contributed by atoms with van der Waals surface area (Å²) in [5, 5.41) is 9.16. The van der Waals surface area contributed by atoms with E-state index in [1.165, 1.54) is 23.4 Å². The predicted molar refractivity (Wildman–Crippen MR) is 78.8 cm³/mol. The third-order valence-corrected chi connectivity index (χ3v) is 6.14. The number of rotatable bonds is 4. The van der Waals surface area contributed by atoms with Crippen molar-refractivity contribution in [3.63, 3.8) is 0 Å². The minimum Gasteiger partial charge on any atom is -0.392 e. The van der Waals surface area contributed by atoms with Crippen LogP contribution >= 0.6 is 0 Å². The Morgan fingerprint density at radius 1 is 1.33 bits per heavy atom. The highest BCUT2D eigenvalue weighted by molar-refractivity contribution is 7.89. The first-order valence-corrected chi connectivity index (χ1v) is 8.74. The van der Waals surface area contributed by atoms with Crippen LogP contribution in [0.4, 0.5) is 4.39 Å². The first-order valence-electron chi connectivity index (χ1n) is 7.30. The summed E-state index contributed by atoms with van der Waals surface area (Å²) in [5.41, 5.74) is 0.264. The molecular formula is C15H22FNO3S. The van der Waals surface area contributed by atoms with E-state index >= 15 is 0 Å². The fraction of sp³-hybridized carbons (Fsp3) is 0.600. The summed E-state index contributed by atoms with van der Waals surface area (Å²) in [6, 6.07) is 2.58. The fourth-order valence-electron chi connectivity index (χ4n) is 2.78. The van der Waals surface area contributed by atoms with E-state index in [-0.39, 0.29) is 16.0 Å². The molecule has 1 fully saturated rings. The molecule has 0 saturated carbocycles. The van der Waals surface area contributed by atoms with Gasteiger partial charge in [-0.1, -0.05) is 13.3 Å². The molecule has 0 bridgehead atoms. The van der Waals surface area contributed by atoms with Crippen molar-refractivity contribution in [2.75, 3.05) is 13.1 Å². The number of aliphatic hydroxyl groups is 1. The Balaban J connectivity index is 2.30. The van der Waals surface area contributed by atoms with Gasteiger partial charge in [-0.2, -0.15) is 4.31 Å². The molecule has 2 rings (SSSR count). The van der Waals surface area contributed by atoms with E-state index in [4.69, 9.17) is 5.11 Å². The zero-order valence-corrected chi connectivity index (χ0v) is 13.3. The molecule has 118 valence electrons. The summed E-state index contributed by atoms with van der Waals surface area (Å²) >= 11 is 0. The summed E-state index contributed by atoms with van der Waals surface area (Å²) in [6.07, 6.45) is 2.80. The van der Waals surface area contributed by atoms with E-state index in [0.29, 0.717) is 19.0 Å². The molecule has 1 N–H and O–H groups in total. The maximum Gasteiger partial charge on any atom is 0.243 e. The largest absolute Gasteiger partial charge is 0.392 e. The quantitative estimate of drug-likeness (QED) is 0.928. The van der Waals surface area contributed by atoms with Gasteiger partial charge in [0, 0.05) is 18.7 Å². The maximum atomic E-state index is 13.7. The molecule has 1 aromatic rings. The number of benzene rings is 1. The van der Waals surface area contributed by atoms with Crippen LogP contribution in [0, 0.1) is 18.7 Å². The van der Waals surface area contributed by atoms with Crippen LogP contribution in [-0.4, -0.2) is 30.9 Å². The Kier molecular flexibility index (Phi) is 5.01. The van der Waals surface area contributed by atoms with Gasteiger partial charge in [-0.05, 0) is 43.4 Å². The van der Waals surface area contributed by atoms with Crippen LogP contribution in [0.25, 0.3) is 0 Å². The molecule has 1 aromatic carbocycles. The van der Waals surface area contributed by atoms with Crippen molar-refractivity contribution in [2.45, 2.75) is 44.6 Å². The number of aryl methyl sites for hydroxylation is 1. The second-order valence-electron chi connectivity index (χ2n) is 5.63. The molecule has 4 nitrogen and oxygen atoms in total. The summed E-state index contributed by atoms with van der Waals surface area (Å²) in [4.78, 5) is 0.0698. The van der Waals surface area contributed by atoms with Crippen LogP contribution in [0.5, 0.6) is 0 Å². The number of piperidine rings is 1. The monoisotopic (exact) mass is 315 g/mol. The number of hydrogen-bond acceptors (Lipinski definition) is 3. The molecule has 0 amide bonds. The summed E-state index contributed by atoms with van der Waals surface area (Å²) in [6.45, 7) is 4.13. The van der Waals surface area contributed by atoms with Crippen LogP contribution in [0.2, 0.25) is 0 Å². The summed E-state index contributed by atoms with van der Waals surface area (Å²) in [7, 11) is -3.61. The van der Waals surface area contributed by atoms with Crippen molar-refractivity contribution in [1.82, 2.24) is 4.31 Å². The lowest BCUT2D eigenvalue weighted by Gasteiger charge is -2.30. The molecule has 1 aliphatic heterocycles. The maximum absolute atomic E-state index is 13.7. The Labute approximate surface area is 125 Å². The Hall–Kier alpha value is -0.980. The summed E-state index contributed by atoms with van der Waals surface area (Å²) < 4.78 is 40.5. The number of hydrogen-bond donors (Lipinski definition) is 1. The highest BCUT2D eigenvalue weighted by Crippen LogP contribution is 2.27. The second kappa shape index (κ2) is 6.42. The average molecular weight is 315 g/mol. The van der Waals surface area contributed by atoms with Gasteiger partial charge in [-0.3, -0.25) is 0 Å². The molecule has 21 heavy (non-hydrogen) atoms. The molecule has 0 atom stereocenters. The van der Waals surface area contributed by atoms with E-state index in [0.717, 1.165) is 19.3 Å². The van der Waals surface area contributed by atoms with Gasteiger partial charge in [-0.25, -0.2) is 12.8 Å². The Bertz CT molecular complexity index is 608. The highest BCUT2D eigenvalue weighted by Gasteiger charge is 2.29. The van der Waals surface area contributed by atoms with Crippen molar-refractivity contribution < 1.29 is 17.9 Å². The zero-order valence-electron chi connectivity index (χ0n) is 12.5. The fourth-order valence-corrected chi connectivity index (χ4v) is 4.38. The minimum absolute atomic E-state index is 0.0250. The number of aliphatic hydroxyl groups excluding tert-OH is 1. The first-order chi connectivity index (χ1) is 9.90. The molecule has 0 aromatic heterocycles. The molecule has 0 aliphatic carbocycles. The standard InChI is InChI=1S/C15H22FNO3S/c1-3-12-4-6-17(7-5-12)21(19,20)14-8-11(2)15(16)13(9-14)10-18/h8-9,12,18H,3-7,10H2,1-2H3. The number of halogens is 1. The van der Waals surface area contributed by atoms with Crippen LogP contribution in [0.1, 0.15) is 37.3 Å². The van der Waals surface area contributed by atoms with Gasteiger partial charge in [0.1, 0.15) is 5.82 Å². The number of sulfonamides is 1. The third-order valence-electron chi connectivity index (χ3n) is 4.26. The normalized spacial score (nSPS) is 18.1. The zero-order chi connectivity index (χ0) is 15.6. The van der Waals surface area contributed by atoms with Crippen LogP contribution in [0.15, 0.2) is 17.0 Å². The van der Waals surface area contributed by atoms with Crippen molar-refractivity contribution in [1.29, 1.82) is 0 Å². The molecule has 0 unspecified atom stereocenters. The molecule has 1 saturated heterocycles. The topological polar surface area (TPSA) is 57.6 Å². The molecular weight excluding hydrogens is 293 g/mol. The molecule has 0 spiro atoms. The van der Waals surface area contributed by atoms with Crippen molar-refractivity contribution in [2.24, 2.45) is 5.92 Å². The smallest absolute Gasteiger partial charge is 0.243 e. The second-order valence-corrected chi connectivity index (χ2v) is 7.57. The molecule has 1 heterocycles.